The Morgan fingerprint density at radius 1 is 1.13 bits per heavy atom. The second kappa shape index (κ2) is 5.57. The number of imidazole rings is 1. The number of anilines is 1. The predicted molar refractivity (Wildman–Crippen MR) is 86.0 cm³/mol. The molecular weight excluding hydrogens is 294 g/mol. The molecule has 0 radical (unpaired) electrons. The van der Waals surface area contributed by atoms with Gasteiger partial charge in [-0.05, 0) is 43.7 Å². The van der Waals surface area contributed by atoms with Crippen LogP contribution in [0.5, 0.6) is 0 Å². The fraction of sp³-hybridized carbons (Fsp3) is 0.118. The van der Waals surface area contributed by atoms with E-state index in [1.165, 1.54) is 12.1 Å². The van der Waals surface area contributed by atoms with Crippen molar-refractivity contribution in [1.82, 2.24) is 9.38 Å². The number of hydrogen-bond donors (Lipinski definition) is 2. The van der Waals surface area contributed by atoms with E-state index in [0.29, 0.717) is 16.9 Å². The molecule has 0 spiro atoms. The number of aromatic carboxylic acids is 1. The van der Waals surface area contributed by atoms with Crippen molar-refractivity contribution in [2.24, 2.45) is 0 Å². The number of nitrogens with zero attached hydrogens (tertiary/aromatic N) is 2. The number of carbonyl (C=O) groups is 2. The number of pyridine rings is 1. The Bertz CT molecular complexity index is 928. The van der Waals surface area contributed by atoms with Gasteiger partial charge in [-0.25, -0.2) is 9.78 Å². The first kappa shape index (κ1) is 14.8. The maximum absolute atomic E-state index is 12.4. The Kier molecular flexibility index (Phi) is 3.57. The van der Waals surface area contributed by atoms with Gasteiger partial charge in [0.2, 0.25) is 0 Å². The van der Waals surface area contributed by atoms with Crippen molar-refractivity contribution >= 4 is 23.2 Å². The van der Waals surface area contributed by atoms with E-state index >= 15 is 0 Å². The van der Waals surface area contributed by atoms with Crippen molar-refractivity contribution < 1.29 is 14.7 Å². The number of rotatable bonds is 3. The second-order valence-electron chi connectivity index (χ2n) is 5.35. The maximum Gasteiger partial charge on any atom is 0.335 e. The number of amides is 1. The highest BCUT2D eigenvalue weighted by Gasteiger charge is 2.12. The second-order valence-corrected chi connectivity index (χ2v) is 5.35. The molecule has 0 saturated heterocycles. The molecule has 0 unspecified atom stereocenters. The minimum absolute atomic E-state index is 0.130. The smallest absolute Gasteiger partial charge is 0.335 e. The number of benzene rings is 1. The lowest BCUT2D eigenvalue weighted by molar-refractivity contribution is 0.0696. The van der Waals surface area contributed by atoms with Crippen molar-refractivity contribution in [2.75, 3.05) is 5.32 Å². The normalized spacial score (nSPS) is 10.7. The van der Waals surface area contributed by atoms with E-state index in [4.69, 9.17) is 5.11 Å². The quantitative estimate of drug-likeness (QED) is 0.779. The molecule has 0 fully saturated rings. The molecule has 0 aliphatic rings. The maximum atomic E-state index is 12.4. The Morgan fingerprint density at radius 2 is 1.91 bits per heavy atom. The zero-order valence-corrected chi connectivity index (χ0v) is 12.7. The number of carboxylic acids is 1. The lowest BCUT2D eigenvalue weighted by atomic mass is 10.1. The molecule has 0 atom stereocenters. The van der Waals surface area contributed by atoms with Crippen molar-refractivity contribution in [2.45, 2.75) is 13.8 Å². The summed E-state index contributed by atoms with van der Waals surface area (Å²) in [6.07, 6.45) is 3.64. The van der Waals surface area contributed by atoms with Crippen molar-refractivity contribution in [3.05, 3.63) is 65.1 Å². The SMILES string of the molecule is Cc1cn2ccc(C(=O)Nc3cc(C(=O)O)ccc3C)cc2n1. The van der Waals surface area contributed by atoms with E-state index in [1.54, 1.807) is 24.4 Å². The molecule has 1 amide bonds. The highest BCUT2D eigenvalue weighted by molar-refractivity contribution is 6.05. The molecule has 6 nitrogen and oxygen atoms in total. The summed E-state index contributed by atoms with van der Waals surface area (Å²) in [5, 5.41) is 11.8. The van der Waals surface area contributed by atoms with Crippen LogP contribution in [0.3, 0.4) is 0 Å². The van der Waals surface area contributed by atoms with Gasteiger partial charge in [0.25, 0.3) is 5.91 Å². The van der Waals surface area contributed by atoms with Gasteiger partial charge in [0, 0.05) is 23.6 Å². The minimum atomic E-state index is -1.03. The summed E-state index contributed by atoms with van der Waals surface area (Å²) in [5.74, 6) is -1.34. The van der Waals surface area contributed by atoms with E-state index in [-0.39, 0.29) is 11.5 Å². The standard InChI is InChI=1S/C17H15N3O3/c1-10-3-4-13(17(22)23)7-14(10)19-16(21)12-5-6-20-9-11(2)18-15(20)8-12/h3-9H,1-2H3,(H,19,21)(H,22,23). The van der Waals surface area contributed by atoms with E-state index in [9.17, 15) is 9.59 Å². The van der Waals surface area contributed by atoms with Crippen LogP contribution >= 0.6 is 0 Å². The summed E-state index contributed by atoms with van der Waals surface area (Å²) in [4.78, 5) is 27.8. The zero-order valence-electron chi connectivity index (χ0n) is 12.7. The molecule has 0 saturated carbocycles. The van der Waals surface area contributed by atoms with Crippen LogP contribution < -0.4 is 5.32 Å². The molecule has 2 N–H and O–H groups in total. The number of fused-ring (bicyclic) bond motifs is 1. The molecule has 0 aliphatic heterocycles. The average Bonchev–Trinajstić information content (AvgIpc) is 2.88. The minimum Gasteiger partial charge on any atom is -0.478 e. The lowest BCUT2D eigenvalue weighted by Crippen LogP contribution is -2.13. The zero-order chi connectivity index (χ0) is 16.6. The molecule has 1 aromatic carbocycles. The summed E-state index contributed by atoms with van der Waals surface area (Å²) >= 11 is 0. The number of carboxylic acid groups (broad SMARTS) is 1. The highest BCUT2D eigenvalue weighted by atomic mass is 16.4. The Balaban J connectivity index is 1.90. The third-order valence-corrected chi connectivity index (χ3v) is 3.58. The summed E-state index contributed by atoms with van der Waals surface area (Å²) in [7, 11) is 0. The van der Waals surface area contributed by atoms with E-state index < -0.39 is 5.97 Å². The topological polar surface area (TPSA) is 83.7 Å². The Labute approximate surface area is 132 Å². The Morgan fingerprint density at radius 3 is 2.65 bits per heavy atom. The molecule has 3 rings (SSSR count). The average molecular weight is 309 g/mol. The van der Waals surface area contributed by atoms with Crippen LogP contribution in [0.1, 0.15) is 32.0 Å². The van der Waals surface area contributed by atoms with Crippen molar-refractivity contribution in [1.29, 1.82) is 0 Å². The van der Waals surface area contributed by atoms with E-state index in [2.05, 4.69) is 10.3 Å². The third kappa shape index (κ3) is 2.91. The van der Waals surface area contributed by atoms with Gasteiger partial charge in [-0.2, -0.15) is 0 Å². The number of nitrogens with one attached hydrogen (secondary N) is 1. The van der Waals surface area contributed by atoms with Crippen LogP contribution in [-0.4, -0.2) is 26.4 Å². The number of aryl methyl sites for hydroxylation is 2. The lowest BCUT2D eigenvalue weighted by Gasteiger charge is -2.09. The molecule has 3 aromatic rings. The first-order valence-electron chi connectivity index (χ1n) is 7.05. The first-order valence-corrected chi connectivity index (χ1v) is 7.05. The van der Waals surface area contributed by atoms with Crippen LogP contribution in [0, 0.1) is 13.8 Å². The molecule has 116 valence electrons. The van der Waals surface area contributed by atoms with Gasteiger partial charge in [0.1, 0.15) is 5.65 Å². The first-order chi connectivity index (χ1) is 10.9. The Hall–Kier alpha value is -3.15. The van der Waals surface area contributed by atoms with Gasteiger partial charge in [0.05, 0.1) is 11.3 Å². The van der Waals surface area contributed by atoms with Gasteiger partial charge >= 0.3 is 5.97 Å². The van der Waals surface area contributed by atoms with Crippen LogP contribution in [0.25, 0.3) is 5.65 Å². The number of aromatic nitrogens is 2. The van der Waals surface area contributed by atoms with Gasteiger partial charge < -0.3 is 14.8 Å². The molecular formula is C17H15N3O3. The van der Waals surface area contributed by atoms with Gasteiger partial charge in [-0.15, -0.1) is 0 Å². The highest BCUT2D eigenvalue weighted by Crippen LogP contribution is 2.18. The van der Waals surface area contributed by atoms with Gasteiger partial charge in [-0.1, -0.05) is 6.07 Å². The molecule has 2 heterocycles. The van der Waals surface area contributed by atoms with Crippen LogP contribution in [0.15, 0.2) is 42.7 Å². The largest absolute Gasteiger partial charge is 0.478 e. The molecule has 6 heteroatoms. The van der Waals surface area contributed by atoms with Crippen LogP contribution in [0.4, 0.5) is 5.69 Å². The number of carbonyl (C=O) groups excluding carboxylic acids is 1. The monoisotopic (exact) mass is 309 g/mol. The molecule has 0 aliphatic carbocycles. The molecule has 0 bridgehead atoms. The fourth-order valence-corrected chi connectivity index (χ4v) is 2.33. The third-order valence-electron chi connectivity index (χ3n) is 3.58. The molecule has 2 aromatic heterocycles. The van der Waals surface area contributed by atoms with E-state index in [0.717, 1.165) is 11.3 Å². The van der Waals surface area contributed by atoms with Gasteiger partial charge in [-0.3, -0.25) is 4.79 Å². The summed E-state index contributed by atoms with van der Waals surface area (Å²) in [6, 6.07) is 8.01. The van der Waals surface area contributed by atoms with Crippen LogP contribution in [-0.2, 0) is 0 Å². The van der Waals surface area contributed by atoms with Crippen molar-refractivity contribution in [3.8, 4) is 0 Å². The van der Waals surface area contributed by atoms with Gasteiger partial charge in [0.15, 0.2) is 0 Å². The summed E-state index contributed by atoms with van der Waals surface area (Å²) in [6.45, 7) is 3.69. The molecule has 23 heavy (non-hydrogen) atoms. The number of hydrogen-bond acceptors (Lipinski definition) is 3. The summed E-state index contributed by atoms with van der Waals surface area (Å²) in [5.41, 5.74) is 3.42. The van der Waals surface area contributed by atoms with E-state index in [1.807, 2.05) is 24.4 Å². The predicted octanol–water partition coefficient (Wildman–Crippen LogP) is 2.90. The summed E-state index contributed by atoms with van der Waals surface area (Å²) < 4.78 is 1.84. The van der Waals surface area contributed by atoms with Crippen LogP contribution in [0.2, 0.25) is 0 Å². The van der Waals surface area contributed by atoms with Crippen molar-refractivity contribution in [3.63, 3.8) is 0 Å². The fourth-order valence-electron chi connectivity index (χ4n) is 2.33.